The Morgan fingerprint density at radius 1 is 1.33 bits per heavy atom. The van der Waals surface area contributed by atoms with E-state index in [1.54, 1.807) is 18.0 Å². The van der Waals surface area contributed by atoms with Gasteiger partial charge in [0.15, 0.2) is 0 Å². The zero-order chi connectivity index (χ0) is 15.2. The highest BCUT2D eigenvalue weighted by molar-refractivity contribution is 6.31. The normalized spacial score (nSPS) is 12.6. The molecule has 2 rings (SSSR count). The highest BCUT2D eigenvalue weighted by Gasteiger charge is 2.20. The van der Waals surface area contributed by atoms with Gasteiger partial charge in [-0.25, -0.2) is 0 Å². The number of hydrogen-bond donors (Lipinski definition) is 2. The zero-order valence-corrected chi connectivity index (χ0v) is 13.2. The molecule has 21 heavy (non-hydrogen) atoms. The molecule has 1 aromatic heterocycles. The van der Waals surface area contributed by atoms with Gasteiger partial charge in [-0.15, -0.1) is 0 Å². The molecule has 0 amide bonds. The molecule has 0 bridgehead atoms. The molecule has 0 aliphatic heterocycles. The smallest absolute Gasteiger partial charge is 0.0834 e. The Hall–Kier alpha value is -1.11. The molecular formula is C14H18Cl2N4O. The average molecular weight is 329 g/mol. The summed E-state index contributed by atoms with van der Waals surface area (Å²) in [7, 11) is 1.65. The first-order valence-electron chi connectivity index (χ1n) is 6.57. The molecule has 0 spiro atoms. The van der Waals surface area contributed by atoms with Crippen LogP contribution >= 0.6 is 23.2 Å². The first kappa shape index (κ1) is 16.3. The molecule has 1 unspecified atom stereocenters. The van der Waals surface area contributed by atoms with Crippen molar-refractivity contribution in [2.24, 2.45) is 5.84 Å². The molecule has 1 aromatic carbocycles. The fraction of sp³-hybridized carbons (Fsp3) is 0.357. The highest BCUT2D eigenvalue weighted by atomic mass is 35.5. The second-order valence-corrected chi connectivity index (χ2v) is 5.42. The van der Waals surface area contributed by atoms with Crippen molar-refractivity contribution in [1.82, 2.24) is 15.2 Å². The maximum absolute atomic E-state index is 6.25. The van der Waals surface area contributed by atoms with Crippen molar-refractivity contribution in [1.29, 1.82) is 0 Å². The van der Waals surface area contributed by atoms with Crippen LogP contribution in [-0.2, 0) is 17.7 Å². The molecule has 1 heterocycles. The highest BCUT2D eigenvalue weighted by Crippen LogP contribution is 2.27. The number of rotatable bonds is 7. The van der Waals surface area contributed by atoms with Crippen molar-refractivity contribution in [3.05, 3.63) is 51.8 Å². The molecule has 0 saturated heterocycles. The van der Waals surface area contributed by atoms with Gasteiger partial charge in [-0.2, -0.15) is 5.10 Å². The fourth-order valence-electron chi connectivity index (χ4n) is 2.19. The molecule has 0 aliphatic carbocycles. The van der Waals surface area contributed by atoms with Gasteiger partial charge in [0, 0.05) is 12.1 Å². The molecular weight excluding hydrogens is 311 g/mol. The van der Waals surface area contributed by atoms with Crippen LogP contribution in [0.25, 0.3) is 0 Å². The minimum absolute atomic E-state index is 0.184. The van der Waals surface area contributed by atoms with Gasteiger partial charge in [0.25, 0.3) is 0 Å². The van der Waals surface area contributed by atoms with Gasteiger partial charge >= 0.3 is 0 Å². The van der Waals surface area contributed by atoms with Gasteiger partial charge in [-0.1, -0.05) is 41.4 Å². The van der Waals surface area contributed by atoms with Crippen molar-refractivity contribution in [3.8, 4) is 0 Å². The lowest BCUT2D eigenvalue weighted by Crippen LogP contribution is -2.32. The van der Waals surface area contributed by atoms with Crippen LogP contribution in [0.2, 0.25) is 10.0 Å². The third-order valence-electron chi connectivity index (χ3n) is 3.25. The summed E-state index contributed by atoms with van der Waals surface area (Å²) >= 11 is 12.5. The van der Waals surface area contributed by atoms with Crippen LogP contribution in [0.3, 0.4) is 0 Å². The molecule has 0 fully saturated rings. The monoisotopic (exact) mass is 328 g/mol. The standard InChI is InChI=1S/C14H18Cl2N4O/c1-21-7-6-20-14(12(16)9-18-20)13(19-17)8-10-4-2-3-5-11(10)15/h2-5,9,13,19H,6-8,17H2,1H3. The van der Waals surface area contributed by atoms with E-state index >= 15 is 0 Å². The Bertz CT molecular complexity index is 588. The third-order valence-corrected chi connectivity index (χ3v) is 3.91. The first-order valence-corrected chi connectivity index (χ1v) is 7.32. The number of methoxy groups -OCH3 is 1. The van der Waals surface area contributed by atoms with E-state index in [1.807, 2.05) is 24.3 Å². The van der Waals surface area contributed by atoms with Gasteiger partial charge in [0.1, 0.15) is 0 Å². The zero-order valence-electron chi connectivity index (χ0n) is 11.7. The van der Waals surface area contributed by atoms with Gasteiger partial charge in [0.2, 0.25) is 0 Å². The Balaban J connectivity index is 2.25. The third kappa shape index (κ3) is 3.96. The molecule has 114 valence electrons. The van der Waals surface area contributed by atoms with Crippen molar-refractivity contribution >= 4 is 23.2 Å². The summed E-state index contributed by atoms with van der Waals surface area (Å²) in [4.78, 5) is 0. The van der Waals surface area contributed by atoms with Crippen molar-refractivity contribution in [2.75, 3.05) is 13.7 Å². The summed E-state index contributed by atoms with van der Waals surface area (Å²) < 4.78 is 6.88. The first-order chi connectivity index (χ1) is 10.2. The predicted octanol–water partition coefficient (Wildman–Crippen LogP) is 2.58. The minimum atomic E-state index is -0.184. The summed E-state index contributed by atoms with van der Waals surface area (Å²) in [5.41, 5.74) is 4.62. The Morgan fingerprint density at radius 2 is 2.10 bits per heavy atom. The van der Waals surface area contributed by atoms with E-state index in [2.05, 4.69) is 10.5 Å². The van der Waals surface area contributed by atoms with E-state index in [0.29, 0.717) is 29.6 Å². The van der Waals surface area contributed by atoms with Gasteiger partial charge in [-0.05, 0) is 18.1 Å². The molecule has 1 atom stereocenters. The lowest BCUT2D eigenvalue weighted by atomic mass is 10.0. The van der Waals surface area contributed by atoms with Gasteiger partial charge < -0.3 is 4.74 Å². The quantitative estimate of drug-likeness (QED) is 0.605. The van der Waals surface area contributed by atoms with Crippen LogP contribution in [-0.4, -0.2) is 23.5 Å². The number of nitrogens with one attached hydrogen (secondary N) is 1. The van der Waals surface area contributed by atoms with Crippen LogP contribution in [0.4, 0.5) is 0 Å². The number of benzene rings is 1. The molecule has 0 radical (unpaired) electrons. The second kappa shape index (κ2) is 7.77. The van der Waals surface area contributed by atoms with E-state index in [4.69, 9.17) is 33.8 Å². The maximum Gasteiger partial charge on any atom is 0.0834 e. The molecule has 3 N–H and O–H groups in total. The molecule has 0 aliphatic rings. The van der Waals surface area contributed by atoms with Gasteiger partial charge in [-0.3, -0.25) is 16.0 Å². The van der Waals surface area contributed by atoms with Crippen LogP contribution in [0, 0.1) is 0 Å². The maximum atomic E-state index is 6.25. The predicted molar refractivity (Wildman–Crippen MR) is 84.3 cm³/mol. The van der Waals surface area contributed by atoms with Gasteiger partial charge in [0.05, 0.1) is 36.1 Å². The van der Waals surface area contributed by atoms with Crippen LogP contribution in [0.15, 0.2) is 30.5 Å². The van der Waals surface area contributed by atoms with Crippen molar-refractivity contribution in [2.45, 2.75) is 19.0 Å². The van der Waals surface area contributed by atoms with E-state index < -0.39 is 0 Å². The lowest BCUT2D eigenvalue weighted by molar-refractivity contribution is 0.181. The molecule has 7 heteroatoms. The molecule has 5 nitrogen and oxygen atoms in total. The van der Waals surface area contributed by atoms with E-state index in [9.17, 15) is 0 Å². The van der Waals surface area contributed by atoms with Crippen LogP contribution in [0.1, 0.15) is 17.3 Å². The summed E-state index contributed by atoms with van der Waals surface area (Å²) in [5, 5.41) is 5.54. The Labute approximate surface area is 134 Å². The van der Waals surface area contributed by atoms with E-state index in [0.717, 1.165) is 11.3 Å². The average Bonchev–Trinajstić information content (AvgIpc) is 2.85. The van der Waals surface area contributed by atoms with Crippen molar-refractivity contribution < 1.29 is 4.74 Å². The summed E-state index contributed by atoms with van der Waals surface area (Å²) in [6, 6.07) is 7.48. The largest absolute Gasteiger partial charge is 0.383 e. The number of aromatic nitrogens is 2. The lowest BCUT2D eigenvalue weighted by Gasteiger charge is -2.19. The number of nitrogens with two attached hydrogens (primary N) is 1. The number of nitrogens with zero attached hydrogens (tertiary/aromatic N) is 2. The Kier molecular flexibility index (Phi) is 6.02. The summed E-state index contributed by atoms with van der Waals surface area (Å²) in [5.74, 6) is 5.70. The van der Waals surface area contributed by atoms with E-state index in [-0.39, 0.29) is 6.04 Å². The fourth-order valence-corrected chi connectivity index (χ4v) is 2.68. The number of hydrogen-bond acceptors (Lipinski definition) is 4. The summed E-state index contributed by atoms with van der Waals surface area (Å²) in [6.45, 7) is 1.16. The Morgan fingerprint density at radius 3 is 2.76 bits per heavy atom. The van der Waals surface area contributed by atoms with Crippen LogP contribution in [0.5, 0.6) is 0 Å². The topological polar surface area (TPSA) is 65.1 Å². The summed E-state index contributed by atoms with van der Waals surface area (Å²) in [6.07, 6.45) is 2.23. The number of ether oxygens (including phenoxy) is 1. The van der Waals surface area contributed by atoms with E-state index in [1.165, 1.54) is 0 Å². The number of hydrazine groups is 1. The second-order valence-electron chi connectivity index (χ2n) is 4.61. The van der Waals surface area contributed by atoms with Crippen LogP contribution < -0.4 is 11.3 Å². The molecule has 0 saturated carbocycles. The minimum Gasteiger partial charge on any atom is -0.383 e. The van der Waals surface area contributed by atoms with Crippen molar-refractivity contribution in [3.63, 3.8) is 0 Å². The molecule has 2 aromatic rings. The SMILES string of the molecule is COCCn1ncc(Cl)c1C(Cc1ccccc1Cl)NN. The number of halogens is 2.